The predicted molar refractivity (Wildman–Crippen MR) is 83.6 cm³/mol. The van der Waals surface area contributed by atoms with Gasteiger partial charge in [0.2, 0.25) is 15.9 Å². The molecular weight excluding hydrogens is 318 g/mol. The second-order valence-corrected chi connectivity index (χ2v) is 8.84. The Balaban J connectivity index is 1.78. The summed E-state index contributed by atoms with van der Waals surface area (Å²) in [6, 6.07) is 0. The van der Waals surface area contributed by atoms with Crippen molar-refractivity contribution < 1.29 is 22.7 Å². The summed E-state index contributed by atoms with van der Waals surface area (Å²) in [4.78, 5) is 24.5. The highest BCUT2D eigenvalue weighted by atomic mass is 32.2. The van der Waals surface area contributed by atoms with Crippen LogP contribution in [0, 0.1) is 29.6 Å². The number of hydrogen-bond donors (Lipinski definition) is 0. The molecule has 2 bridgehead atoms. The molecule has 2 fully saturated rings. The number of carbonyl (C=O) groups is 2. The first-order valence-electron chi connectivity index (χ1n) is 8.19. The van der Waals surface area contributed by atoms with Gasteiger partial charge in [-0.3, -0.25) is 9.59 Å². The van der Waals surface area contributed by atoms with Gasteiger partial charge in [0.05, 0.1) is 17.8 Å². The van der Waals surface area contributed by atoms with E-state index in [9.17, 15) is 18.0 Å². The van der Waals surface area contributed by atoms with E-state index >= 15 is 0 Å². The molecule has 23 heavy (non-hydrogen) atoms. The molecule has 6 atom stereocenters. The van der Waals surface area contributed by atoms with Gasteiger partial charge in [-0.15, -0.1) is 0 Å². The quantitative estimate of drug-likeness (QED) is 0.567. The van der Waals surface area contributed by atoms with Crippen LogP contribution in [0.3, 0.4) is 0 Å². The molecule has 0 N–H and O–H groups in total. The third-order valence-electron chi connectivity index (χ3n) is 5.62. The minimum Gasteiger partial charge on any atom is -0.466 e. The zero-order valence-corrected chi connectivity index (χ0v) is 14.5. The molecule has 0 unspecified atom stereocenters. The fourth-order valence-electron chi connectivity index (χ4n) is 4.14. The molecule has 2 aliphatic carbocycles. The summed E-state index contributed by atoms with van der Waals surface area (Å²) in [6.07, 6.45) is 4.94. The van der Waals surface area contributed by atoms with Crippen molar-refractivity contribution >= 4 is 21.9 Å². The van der Waals surface area contributed by atoms with Gasteiger partial charge in [0, 0.05) is 18.4 Å². The third-order valence-corrected chi connectivity index (χ3v) is 7.95. The van der Waals surface area contributed by atoms with E-state index in [0.29, 0.717) is 0 Å². The van der Waals surface area contributed by atoms with Gasteiger partial charge < -0.3 is 4.74 Å². The van der Waals surface area contributed by atoms with Crippen molar-refractivity contribution in [2.45, 2.75) is 32.4 Å². The van der Waals surface area contributed by atoms with Crippen LogP contribution in [0.1, 0.15) is 27.2 Å². The minimum atomic E-state index is -3.63. The molecule has 3 aliphatic rings. The first kappa shape index (κ1) is 16.5. The first-order chi connectivity index (χ1) is 10.8. The molecule has 7 heteroatoms. The molecule has 3 rings (SSSR count). The molecule has 1 heterocycles. The fraction of sp³-hybridized carbons (Fsp3) is 0.750. The monoisotopic (exact) mass is 341 g/mol. The molecule has 0 spiro atoms. The Kier molecular flexibility index (Phi) is 4.02. The van der Waals surface area contributed by atoms with E-state index in [2.05, 4.69) is 6.08 Å². The van der Waals surface area contributed by atoms with E-state index in [1.807, 2.05) is 6.08 Å². The zero-order valence-electron chi connectivity index (χ0n) is 13.6. The van der Waals surface area contributed by atoms with E-state index in [-0.39, 0.29) is 30.9 Å². The van der Waals surface area contributed by atoms with Crippen molar-refractivity contribution in [1.82, 2.24) is 4.31 Å². The van der Waals surface area contributed by atoms with Crippen LogP contribution in [0.4, 0.5) is 0 Å². The Labute approximate surface area is 136 Å². The minimum absolute atomic E-state index is 0.00375. The summed E-state index contributed by atoms with van der Waals surface area (Å²) in [7, 11) is -3.63. The Hall–Kier alpha value is -1.37. The summed E-state index contributed by atoms with van der Waals surface area (Å²) >= 11 is 0. The van der Waals surface area contributed by atoms with Crippen molar-refractivity contribution in [3.8, 4) is 0 Å². The average molecular weight is 341 g/mol. The number of nitrogens with zero attached hydrogens (tertiary/aromatic N) is 1. The largest absolute Gasteiger partial charge is 0.466 e. The summed E-state index contributed by atoms with van der Waals surface area (Å²) in [5.41, 5.74) is 0. The van der Waals surface area contributed by atoms with Crippen LogP contribution in [0.5, 0.6) is 0 Å². The summed E-state index contributed by atoms with van der Waals surface area (Å²) in [5.74, 6) is -2.03. The lowest BCUT2D eigenvalue weighted by Crippen LogP contribution is -2.42. The van der Waals surface area contributed by atoms with E-state index in [4.69, 9.17) is 4.74 Å². The topological polar surface area (TPSA) is 80.8 Å². The Bertz CT molecular complexity index is 655. The average Bonchev–Trinajstić information content (AvgIpc) is 3.17. The normalized spacial score (nSPS) is 35.9. The van der Waals surface area contributed by atoms with Gasteiger partial charge in [-0.25, -0.2) is 12.7 Å². The van der Waals surface area contributed by atoms with Crippen LogP contribution in [-0.2, 0) is 24.3 Å². The van der Waals surface area contributed by atoms with Gasteiger partial charge in [0.15, 0.2) is 0 Å². The SMILES string of the molecule is CCOC(=O)[C@H](C)[C@@H](C)C(=O)N1C[C@H]2[C@H]([C@H]3C=C[C@@H]2C3)S1(=O)=O. The van der Waals surface area contributed by atoms with Gasteiger partial charge in [-0.05, 0) is 25.2 Å². The Morgan fingerprint density at radius 3 is 2.48 bits per heavy atom. The van der Waals surface area contributed by atoms with Crippen LogP contribution in [0.15, 0.2) is 12.2 Å². The van der Waals surface area contributed by atoms with Crippen molar-refractivity contribution in [1.29, 1.82) is 0 Å². The van der Waals surface area contributed by atoms with E-state index in [1.165, 1.54) is 0 Å². The lowest BCUT2D eigenvalue weighted by Gasteiger charge is -2.24. The number of fused-ring (bicyclic) bond motifs is 5. The Morgan fingerprint density at radius 1 is 1.22 bits per heavy atom. The number of carbonyl (C=O) groups excluding carboxylic acids is 2. The maximum absolute atomic E-state index is 12.8. The third kappa shape index (κ3) is 2.40. The number of hydrogen-bond acceptors (Lipinski definition) is 5. The molecule has 0 radical (unpaired) electrons. The van der Waals surface area contributed by atoms with E-state index in [0.717, 1.165) is 10.7 Å². The van der Waals surface area contributed by atoms with Crippen LogP contribution in [0.25, 0.3) is 0 Å². The molecule has 6 nitrogen and oxygen atoms in total. The van der Waals surface area contributed by atoms with E-state index < -0.39 is 39.0 Å². The number of sulfonamides is 1. The molecule has 0 aromatic heterocycles. The highest BCUT2D eigenvalue weighted by Gasteiger charge is 2.59. The highest BCUT2D eigenvalue weighted by Crippen LogP contribution is 2.51. The first-order valence-corrected chi connectivity index (χ1v) is 9.69. The number of amides is 1. The van der Waals surface area contributed by atoms with Crippen molar-refractivity contribution in [2.24, 2.45) is 29.6 Å². The Morgan fingerprint density at radius 2 is 1.87 bits per heavy atom. The van der Waals surface area contributed by atoms with Gasteiger partial charge in [-0.1, -0.05) is 26.0 Å². The number of rotatable bonds is 4. The number of esters is 1. The maximum atomic E-state index is 12.8. The highest BCUT2D eigenvalue weighted by molar-refractivity contribution is 7.90. The maximum Gasteiger partial charge on any atom is 0.309 e. The molecule has 0 aromatic carbocycles. The summed E-state index contributed by atoms with van der Waals surface area (Å²) in [5, 5.41) is -0.466. The van der Waals surface area contributed by atoms with Gasteiger partial charge >= 0.3 is 5.97 Å². The van der Waals surface area contributed by atoms with Gasteiger partial charge in [0.1, 0.15) is 0 Å². The van der Waals surface area contributed by atoms with Crippen molar-refractivity contribution in [3.05, 3.63) is 12.2 Å². The van der Waals surface area contributed by atoms with Crippen molar-refractivity contribution in [2.75, 3.05) is 13.2 Å². The fourth-order valence-corrected chi connectivity index (χ4v) is 6.60. The molecule has 1 saturated heterocycles. The van der Waals surface area contributed by atoms with E-state index in [1.54, 1.807) is 20.8 Å². The van der Waals surface area contributed by atoms with Crippen LogP contribution >= 0.6 is 0 Å². The van der Waals surface area contributed by atoms with Crippen LogP contribution in [-0.4, -0.2) is 43.0 Å². The predicted octanol–water partition coefficient (Wildman–Crippen LogP) is 1.18. The molecule has 0 aromatic rings. The number of ether oxygens (including phenoxy) is 1. The molecular formula is C16H23NO5S. The second kappa shape index (κ2) is 5.61. The van der Waals surface area contributed by atoms with Gasteiger partial charge in [-0.2, -0.15) is 0 Å². The summed E-state index contributed by atoms with van der Waals surface area (Å²) < 4.78 is 31.5. The van der Waals surface area contributed by atoms with Crippen molar-refractivity contribution in [3.63, 3.8) is 0 Å². The lowest BCUT2D eigenvalue weighted by atomic mass is 9.92. The number of allylic oxidation sites excluding steroid dienone is 2. The van der Waals surface area contributed by atoms with Crippen LogP contribution in [0.2, 0.25) is 0 Å². The summed E-state index contributed by atoms with van der Waals surface area (Å²) in [6.45, 7) is 5.39. The molecule has 1 amide bonds. The smallest absolute Gasteiger partial charge is 0.309 e. The lowest BCUT2D eigenvalue weighted by molar-refractivity contribution is -0.152. The second-order valence-electron chi connectivity index (χ2n) is 6.82. The standard InChI is InChI=1S/C16H23NO5S/c1-4-22-16(19)10(3)9(2)15(18)17-8-13-11-5-6-12(7-11)14(13)23(17,20)21/h5-6,9-14H,4,7-8H2,1-3H3/t9-,10-,11-,12+,13-,14+/m1/s1. The molecule has 128 valence electrons. The molecule has 1 saturated carbocycles. The van der Waals surface area contributed by atoms with Gasteiger partial charge in [0.25, 0.3) is 0 Å². The van der Waals surface area contributed by atoms with Crippen LogP contribution < -0.4 is 0 Å². The zero-order chi connectivity index (χ0) is 16.9. The molecule has 1 aliphatic heterocycles.